The van der Waals surface area contributed by atoms with Crippen LogP contribution in [0.4, 0.5) is 5.69 Å². The SMILES string of the molecule is CC1=C(C)C(C)(C)c2cc(N(C)C)ccc21.II. The molecule has 0 N–H and O–H groups in total. The summed E-state index contributed by atoms with van der Waals surface area (Å²) in [5.74, 6) is 0. The van der Waals surface area contributed by atoms with Gasteiger partial charge in [0.05, 0.1) is 0 Å². The van der Waals surface area contributed by atoms with Gasteiger partial charge in [0, 0.05) is 62.4 Å². The zero-order valence-corrected chi connectivity index (χ0v) is 16.3. The zero-order valence-electron chi connectivity index (χ0n) is 11.9. The molecule has 1 aromatic carbocycles. The van der Waals surface area contributed by atoms with Crippen molar-refractivity contribution in [1.29, 1.82) is 0 Å². The van der Waals surface area contributed by atoms with Crippen LogP contribution in [0, 0.1) is 0 Å². The highest BCUT2D eigenvalue weighted by molar-refractivity contribution is 15.0. The summed E-state index contributed by atoms with van der Waals surface area (Å²) >= 11 is 4.24. The van der Waals surface area contributed by atoms with E-state index in [9.17, 15) is 0 Å². The second kappa shape index (κ2) is 6.11. The van der Waals surface area contributed by atoms with Crippen LogP contribution in [0.5, 0.6) is 0 Å². The summed E-state index contributed by atoms with van der Waals surface area (Å²) in [6.45, 7) is 9.12. The number of rotatable bonds is 1. The molecule has 0 spiro atoms. The number of fused-ring (bicyclic) bond motifs is 1. The van der Waals surface area contributed by atoms with E-state index >= 15 is 0 Å². The van der Waals surface area contributed by atoms with Crippen LogP contribution in [0.3, 0.4) is 0 Å². The Morgan fingerprint density at radius 1 is 1.06 bits per heavy atom. The lowest BCUT2D eigenvalue weighted by Crippen LogP contribution is -2.17. The molecule has 0 aliphatic heterocycles. The molecule has 1 aromatic rings. The fourth-order valence-electron chi connectivity index (χ4n) is 2.53. The van der Waals surface area contributed by atoms with Crippen LogP contribution < -0.4 is 4.90 Å². The number of allylic oxidation sites excluding steroid dienone is 2. The third-order valence-electron chi connectivity index (χ3n) is 4.10. The Morgan fingerprint density at radius 3 is 2.11 bits per heavy atom. The van der Waals surface area contributed by atoms with Gasteiger partial charge in [-0.2, -0.15) is 0 Å². The maximum absolute atomic E-state index is 2.33. The molecule has 0 saturated heterocycles. The minimum absolute atomic E-state index is 0.186. The van der Waals surface area contributed by atoms with Crippen molar-refractivity contribution in [2.75, 3.05) is 19.0 Å². The second-order valence-electron chi connectivity index (χ2n) is 5.50. The standard InChI is InChI=1S/C15H21N.I2/c1-10-11(2)15(3,4)14-9-12(16(5)6)7-8-13(10)14;1-2/h7-9H,1-6H3;. The summed E-state index contributed by atoms with van der Waals surface area (Å²) < 4.78 is 0. The molecule has 18 heavy (non-hydrogen) atoms. The highest BCUT2D eigenvalue weighted by Gasteiger charge is 2.33. The fourth-order valence-corrected chi connectivity index (χ4v) is 2.53. The van der Waals surface area contributed by atoms with Crippen molar-refractivity contribution in [3.8, 4) is 0 Å². The normalized spacial score (nSPS) is 16.0. The summed E-state index contributed by atoms with van der Waals surface area (Å²) in [4.78, 5) is 2.17. The van der Waals surface area contributed by atoms with Gasteiger partial charge in [0.2, 0.25) is 0 Å². The third kappa shape index (κ3) is 2.71. The van der Waals surface area contributed by atoms with E-state index < -0.39 is 0 Å². The second-order valence-corrected chi connectivity index (χ2v) is 5.50. The lowest BCUT2D eigenvalue weighted by atomic mass is 9.82. The van der Waals surface area contributed by atoms with E-state index in [0.29, 0.717) is 0 Å². The number of hydrogen-bond acceptors (Lipinski definition) is 1. The number of benzene rings is 1. The monoisotopic (exact) mass is 469 g/mol. The van der Waals surface area contributed by atoms with Crippen molar-refractivity contribution in [2.45, 2.75) is 33.1 Å². The van der Waals surface area contributed by atoms with Gasteiger partial charge in [-0.25, -0.2) is 0 Å². The van der Waals surface area contributed by atoms with E-state index in [-0.39, 0.29) is 5.41 Å². The van der Waals surface area contributed by atoms with Gasteiger partial charge in [0.1, 0.15) is 0 Å². The summed E-state index contributed by atoms with van der Waals surface area (Å²) in [6, 6.07) is 6.80. The van der Waals surface area contributed by atoms with E-state index in [4.69, 9.17) is 0 Å². The molecule has 1 aliphatic carbocycles. The molecule has 2 rings (SSSR count). The average Bonchev–Trinajstić information content (AvgIpc) is 2.53. The predicted molar refractivity (Wildman–Crippen MR) is 100 cm³/mol. The molecule has 0 bridgehead atoms. The van der Waals surface area contributed by atoms with Crippen molar-refractivity contribution >= 4 is 48.5 Å². The highest BCUT2D eigenvalue weighted by atomic mass is 128. The summed E-state index contributed by atoms with van der Waals surface area (Å²) in [5, 5.41) is 0. The van der Waals surface area contributed by atoms with Crippen LogP contribution in [0.25, 0.3) is 5.57 Å². The van der Waals surface area contributed by atoms with Gasteiger partial charge in [0.15, 0.2) is 0 Å². The molecular formula is C15H21I2N. The molecule has 3 heteroatoms. The van der Waals surface area contributed by atoms with Gasteiger partial charge in [-0.05, 0) is 42.7 Å². The minimum atomic E-state index is 0.186. The van der Waals surface area contributed by atoms with E-state index in [1.165, 1.54) is 28.0 Å². The molecular weight excluding hydrogens is 448 g/mol. The molecule has 0 unspecified atom stereocenters. The number of anilines is 1. The Labute approximate surface area is 134 Å². The van der Waals surface area contributed by atoms with E-state index in [2.05, 4.69) is 102 Å². The molecule has 0 saturated carbocycles. The van der Waals surface area contributed by atoms with Gasteiger partial charge in [-0.3, -0.25) is 0 Å². The van der Waals surface area contributed by atoms with Gasteiger partial charge in [-0.15, -0.1) is 0 Å². The van der Waals surface area contributed by atoms with Crippen LogP contribution in [-0.4, -0.2) is 14.1 Å². The third-order valence-corrected chi connectivity index (χ3v) is 4.10. The Morgan fingerprint density at radius 2 is 1.61 bits per heavy atom. The van der Waals surface area contributed by atoms with Gasteiger partial charge >= 0.3 is 0 Å². The van der Waals surface area contributed by atoms with E-state index in [0.717, 1.165) is 0 Å². The fraction of sp³-hybridized carbons (Fsp3) is 0.467. The first-order valence-electron chi connectivity index (χ1n) is 6.00. The van der Waals surface area contributed by atoms with E-state index in [1.807, 2.05) is 0 Å². The Bertz CT molecular complexity index is 473. The van der Waals surface area contributed by atoms with Gasteiger partial charge in [0.25, 0.3) is 0 Å². The van der Waals surface area contributed by atoms with E-state index in [1.54, 1.807) is 0 Å². The number of hydrogen-bond donors (Lipinski definition) is 0. The van der Waals surface area contributed by atoms with Crippen molar-refractivity contribution in [1.82, 2.24) is 0 Å². The van der Waals surface area contributed by atoms with Crippen LogP contribution in [0.1, 0.15) is 38.8 Å². The number of nitrogens with zero attached hydrogens (tertiary/aromatic N) is 1. The summed E-state index contributed by atoms with van der Waals surface area (Å²) in [7, 11) is 4.19. The molecule has 0 radical (unpaired) electrons. The maximum atomic E-state index is 2.33. The predicted octanol–water partition coefficient (Wildman–Crippen LogP) is 5.61. The molecule has 1 aliphatic rings. The highest BCUT2D eigenvalue weighted by Crippen LogP contribution is 2.46. The first-order chi connectivity index (χ1) is 8.35. The van der Waals surface area contributed by atoms with Gasteiger partial charge in [-0.1, -0.05) is 25.5 Å². The molecule has 0 aromatic heterocycles. The lowest BCUT2D eigenvalue weighted by molar-refractivity contribution is 0.639. The first-order valence-corrected chi connectivity index (χ1v) is 12.3. The quantitative estimate of drug-likeness (QED) is 0.484. The number of halogens is 2. The smallest absolute Gasteiger partial charge is 0.0364 e. The average molecular weight is 469 g/mol. The van der Waals surface area contributed by atoms with Crippen molar-refractivity contribution in [2.24, 2.45) is 0 Å². The molecule has 1 nitrogen and oxygen atoms in total. The molecule has 0 atom stereocenters. The largest absolute Gasteiger partial charge is 0.378 e. The summed E-state index contributed by atoms with van der Waals surface area (Å²) in [5.41, 5.74) is 7.31. The summed E-state index contributed by atoms with van der Waals surface area (Å²) in [6.07, 6.45) is 0. The molecule has 0 heterocycles. The van der Waals surface area contributed by atoms with Crippen molar-refractivity contribution in [3.05, 3.63) is 34.9 Å². The first kappa shape index (κ1) is 16.3. The lowest BCUT2D eigenvalue weighted by Gasteiger charge is -2.24. The topological polar surface area (TPSA) is 3.24 Å². The van der Waals surface area contributed by atoms with Crippen LogP contribution >= 0.6 is 37.2 Å². The van der Waals surface area contributed by atoms with Crippen LogP contribution in [-0.2, 0) is 5.41 Å². The Hall–Kier alpha value is 0.220. The zero-order chi connectivity index (χ0) is 14.1. The van der Waals surface area contributed by atoms with Crippen molar-refractivity contribution < 1.29 is 0 Å². The van der Waals surface area contributed by atoms with Gasteiger partial charge < -0.3 is 4.90 Å². The molecule has 100 valence electrons. The van der Waals surface area contributed by atoms with Crippen molar-refractivity contribution in [3.63, 3.8) is 0 Å². The molecule has 0 amide bonds. The van der Waals surface area contributed by atoms with Crippen LogP contribution in [0.15, 0.2) is 23.8 Å². The Kier molecular flexibility index (Phi) is 5.53. The maximum Gasteiger partial charge on any atom is 0.0364 e. The Balaban J connectivity index is 0.000000771. The molecule has 0 fully saturated rings. The minimum Gasteiger partial charge on any atom is -0.378 e. The van der Waals surface area contributed by atoms with Crippen LogP contribution in [0.2, 0.25) is 0 Å².